The SMILES string of the molecule is C[C@@H](OC(=O)[C@H](CSC(c1ccccc1)(c1ccccc1)c1ccccc1)NC(=O)OCC1c2ccccc2-c2ccccc21)[C@H](NC(=O)OC(C)(C)C)C(=O)O. The molecule has 0 fully saturated rings. The first-order chi connectivity index (χ1) is 27.4. The van der Waals surface area contributed by atoms with Crippen molar-refractivity contribution >= 4 is 35.9 Å². The van der Waals surface area contributed by atoms with Gasteiger partial charge in [0.15, 0.2) is 6.04 Å². The van der Waals surface area contributed by atoms with Gasteiger partial charge in [-0.2, -0.15) is 0 Å². The zero-order valence-corrected chi connectivity index (χ0v) is 33.0. The van der Waals surface area contributed by atoms with E-state index in [4.69, 9.17) is 14.2 Å². The molecule has 0 unspecified atom stereocenters. The molecule has 5 aromatic rings. The Balaban J connectivity index is 1.30. The highest BCUT2D eigenvalue weighted by atomic mass is 32.2. The maximum atomic E-state index is 14.2. The molecule has 57 heavy (non-hydrogen) atoms. The van der Waals surface area contributed by atoms with Crippen molar-refractivity contribution in [1.29, 1.82) is 0 Å². The van der Waals surface area contributed by atoms with Crippen LogP contribution in [0.2, 0.25) is 0 Å². The number of alkyl carbamates (subject to hydrolysis) is 2. The minimum absolute atomic E-state index is 0.00799. The first-order valence-electron chi connectivity index (χ1n) is 18.7. The maximum Gasteiger partial charge on any atom is 0.408 e. The third-order valence-electron chi connectivity index (χ3n) is 9.64. The molecule has 1 aliphatic carbocycles. The van der Waals surface area contributed by atoms with Crippen molar-refractivity contribution in [2.75, 3.05) is 12.4 Å². The molecular formula is C46H46N2O8S. The van der Waals surface area contributed by atoms with E-state index in [2.05, 4.69) is 10.6 Å². The minimum atomic E-state index is -1.65. The van der Waals surface area contributed by atoms with Gasteiger partial charge < -0.3 is 30.0 Å². The van der Waals surface area contributed by atoms with Gasteiger partial charge in [0.2, 0.25) is 0 Å². The van der Waals surface area contributed by atoms with Crippen LogP contribution in [0.5, 0.6) is 0 Å². The Morgan fingerprint density at radius 3 is 1.58 bits per heavy atom. The lowest BCUT2D eigenvalue weighted by Crippen LogP contribution is -2.52. The highest BCUT2D eigenvalue weighted by Crippen LogP contribution is 2.49. The lowest BCUT2D eigenvalue weighted by Gasteiger charge is -2.36. The number of hydrogen-bond donors (Lipinski definition) is 3. The van der Waals surface area contributed by atoms with Crippen LogP contribution >= 0.6 is 11.8 Å². The zero-order chi connectivity index (χ0) is 40.6. The van der Waals surface area contributed by atoms with Crippen molar-refractivity contribution in [3.05, 3.63) is 167 Å². The number of esters is 1. The number of benzene rings is 5. The van der Waals surface area contributed by atoms with Gasteiger partial charge in [0.25, 0.3) is 0 Å². The average Bonchev–Trinajstić information content (AvgIpc) is 3.52. The molecule has 0 aromatic heterocycles. The second-order valence-corrected chi connectivity index (χ2v) is 16.0. The Bertz CT molecular complexity index is 2030. The molecule has 0 heterocycles. The summed E-state index contributed by atoms with van der Waals surface area (Å²) in [5.74, 6) is -2.59. The van der Waals surface area contributed by atoms with Crippen LogP contribution in [0.4, 0.5) is 9.59 Å². The number of nitrogens with one attached hydrogen (secondary N) is 2. The number of rotatable bonds is 14. The van der Waals surface area contributed by atoms with Crippen molar-refractivity contribution in [3.8, 4) is 11.1 Å². The number of thioether (sulfide) groups is 1. The Morgan fingerprint density at radius 2 is 1.12 bits per heavy atom. The van der Waals surface area contributed by atoms with Crippen molar-refractivity contribution in [2.45, 2.75) is 62.1 Å². The lowest BCUT2D eigenvalue weighted by molar-refractivity contribution is -0.156. The van der Waals surface area contributed by atoms with Gasteiger partial charge >= 0.3 is 24.1 Å². The number of aliphatic carboxylic acids is 1. The Kier molecular flexibility index (Phi) is 12.7. The van der Waals surface area contributed by atoms with E-state index in [-0.39, 0.29) is 18.3 Å². The molecule has 0 radical (unpaired) electrons. The van der Waals surface area contributed by atoms with Crippen LogP contribution in [0.1, 0.15) is 61.4 Å². The van der Waals surface area contributed by atoms with E-state index >= 15 is 0 Å². The molecule has 2 amide bonds. The molecule has 294 valence electrons. The summed E-state index contributed by atoms with van der Waals surface area (Å²) < 4.78 is 16.0. The lowest BCUT2D eigenvalue weighted by atomic mass is 9.84. The predicted octanol–water partition coefficient (Wildman–Crippen LogP) is 8.53. The number of fused-ring (bicyclic) bond motifs is 3. The van der Waals surface area contributed by atoms with Crippen molar-refractivity contribution in [3.63, 3.8) is 0 Å². The van der Waals surface area contributed by atoms with Gasteiger partial charge in [-0.1, -0.05) is 140 Å². The van der Waals surface area contributed by atoms with E-state index in [0.29, 0.717) is 0 Å². The largest absolute Gasteiger partial charge is 0.480 e. The fourth-order valence-electron chi connectivity index (χ4n) is 7.08. The van der Waals surface area contributed by atoms with Crippen molar-refractivity contribution in [1.82, 2.24) is 10.6 Å². The van der Waals surface area contributed by atoms with E-state index in [1.165, 1.54) is 18.7 Å². The van der Waals surface area contributed by atoms with Crippen LogP contribution < -0.4 is 10.6 Å². The standard InChI is InChI=1S/C46H46N2O8S/c1-30(40(41(49)50)48-44(53)56-45(2,3)4)55-42(51)39(47-43(52)54-28-38-36-26-16-14-24-34(36)35-25-15-17-27-37(35)38)29-57-46(31-18-8-5-9-19-31,32-20-10-6-11-21-32)33-22-12-7-13-23-33/h5-27,30,38-40H,28-29H2,1-4H3,(H,47,52)(H,48,53)(H,49,50)/t30-,39+,40+/m1/s1. The van der Waals surface area contributed by atoms with E-state index in [9.17, 15) is 24.3 Å². The van der Waals surface area contributed by atoms with Crippen molar-refractivity contribution in [2.24, 2.45) is 0 Å². The number of amides is 2. The Hall–Kier alpha value is -6.07. The van der Waals surface area contributed by atoms with Gasteiger partial charge in [-0.25, -0.2) is 19.2 Å². The summed E-state index contributed by atoms with van der Waals surface area (Å²) in [6.07, 6.45) is -3.19. The molecule has 0 saturated heterocycles. The summed E-state index contributed by atoms with van der Waals surface area (Å²) in [4.78, 5) is 52.9. The number of carboxylic acids is 1. The predicted molar refractivity (Wildman–Crippen MR) is 220 cm³/mol. The molecule has 0 aliphatic heterocycles. The molecular weight excluding hydrogens is 741 g/mol. The fraction of sp³-hybridized carbons (Fsp3) is 0.261. The molecule has 5 aromatic carbocycles. The van der Waals surface area contributed by atoms with Crippen LogP contribution in [-0.4, -0.2) is 65.4 Å². The summed E-state index contributed by atoms with van der Waals surface area (Å²) in [6, 6.07) is 42.5. The van der Waals surface area contributed by atoms with E-state index < -0.39 is 52.7 Å². The maximum absolute atomic E-state index is 14.2. The van der Waals surface area contributed by atoms with Crippen LogP contribution in [0, 0.1) is 0 Å². The molecule has 6 rings (SSSR count). The summed E-state index contributed by atoms with van der Waals surface area (Å²) in [7, 11) is 0. The van der Waals surface area contributed by atoms with E-state index in [1.54, 1.807) is 20.8 Å². The second kappa shape index (κ2) is 17.8. The number of carbonyl (C=O) groups excluding carboxylic acids is 3. The minimum Gasteiger partial charge on any atom is -0.480 e. The quantitative estimate of drug-likeness (QED) is 0.0574. The number of hydrogen-bond acceptors (Lipinski definition) is 8. The Labute approximate surface area is 336 Å². The summed E-state index contributed by atoms with van der Waals surface area (Å²) in [5.41, 5.74) is 6.10. The van der Waals surface area contributed by atoms with E-state index in [1.807, 2.05) is 140 Å². The average molecular weight is 787 g/mol. The number of ether oxygens (including phenoxy) is 3. The summed E-state index contributed by atoms with van der Waals surface area (Å²) >= 11 is 1.41. The van der Waals surface area contributed by atoms with Gasteiger partial charge in [-0.15, -0.1) is 11.8 Å². The van der Waals surface area contributed by atoms with Gasteiger partial charge in [0.05, 0.1) is 4.75 Å². The number of carbonyl (C=O) groups is 4. The molecule has 0 saturated carbocycles. The molecule has 3 N–H and O–H groups in total. The fourth-order valence-corrected chi connectivity index (χ4v) is 8.62. The third-order valence-corrected chi connectivity index (χ3v) is 11.3. The van der Waals surface area contributed by atoms with Gasteiger partial charge in [-0.3, -0.25) is 0 Å². The number of carboxylic acid groups (broad SMARTS) is 1. The third kappa shape index (κ3) is 9.49. The van der Waals surface area contributed by atoms with Gasteiger partial charge in [0.1, 0.15) is 24.4 Å². The van der Waals surface area contributed by atoms with Crippen LogP contribution in [0.25, 0.3) is 11.1 Å². The molecule has 0 bridgehead atoms. The molecule has 11 heteroatoms. The molecule has 3 atom stereocenters. The van der Waals surface area contributed by atoms with Crippen LogP contribution in [-0.2, 0) is 28.5 Å². The van der Waals surface area contributed by atoms with Gasteiger partial charge in [-0.05, 0) is 66.6 Å². The first kappa shape index (κ1) is 40.6. The normalized spacial score (nSPS) is 13.9. The summed E-state index contributed by atoms with van der Waals surface area (Å²) in [5, 5.41) is 15.1. The topological polar surface area (TPSA) is 140 Å². The molecule has 0 spiro atoms. The Morgan fingerprint density at radius 1 is 0.667 bits per heavy atom. The zero-order valence-electron chi connectivity index (χ0n) is 32.2. The van der Waals surface area contributed by atoms with Crippen LogP contribution in [0.3, 0.4) is 0 Å². The monoisotopic (exact) mass is 786 g/mol. The molecule has 10 nitrogen and oxygen atoms in total. The highest BCUT2D eigenvalue weighted by Gasteiger charge is 2.40. The van der Waals surface area contributed by atoms with Crippen LogP contribution in [0.15, 0.2) is 140 Å². The molecule has 1 aliphatic rings. The van der Waals surface area contributed by atoms with E-state index in [0.717, 1.165) is 38.9 Å². The second-order valence-electron chi connectivity index (χ2n) is 14.7. The summed E-state index contributed by atoms with van der Waals surface area (Å²) in [6.45, 7) is 6.29. The first-order valence-corrected chi connectivity index (χ1v) is 19.7. The van der Waals surface area contributed by atoms with Crippen molar-refractivity contribution < 1.29 is 38.5 Å². The van der Waals surface area contributed by atoms with Gasteiger partial charge in [0, 0.05) is 11.7 Å². The highest BCUT2D eigenvalue weighted by molar-refractivity contribution is 8.00. The smallest absolute Gasteiger partial charge is 0.408 e.